The maximum absolute atomic E-state index is 14.2. The molecule has 1 saturated carbocycles. The fourth-order valence-electron chi connectivity index (χ4n) is 5.50. The number of nitrogens with one attached hydrogen (secondary N) is 1. The number of aryl methyl sites for hydroxylation is 1. The van der Waals surface area contributed by atoms with Crippen molar-refractivity contribution < 1.29 is 23.5 Å². The van der Waals surface area contributed by atoms with Gasteiger partial charge in [-0.2, -0.15) is 0 Å². The number of benzene rings is 1. The van der Waals surface area contributed by atoms with E-state index in [1.807, 2.05) is 0 Å². The number of hydrogen-bond acceptors (Lipinski definition) is 5. The van der Waals surface area contributed by atoms with Gasteiger partial charge in [-0.3, -0.25) is 19.6 Å². The monoisotopic (exact) mass is 540 g/mol. The molecule has 2 aliphatic rings. The van der Waals surface area contributed by atoms with E-state index in [4.69, 9.17) is 11.6 Å². The molecule has 1 fully saturated rings. The van der Waals surface area contributed by atoms with E-state index in [1.165, 1.54) is 17.3 Å². The van der Waals surface area contributed by atoms with Gasteiger partial charge in [0, 0.05) is 47.5 Å². The number of pyridine rings is 2. The molecule has 38 heavy (non-hydrogen) atoms. The van der Waals surface area contributed by atoms with E-state index in [9.17, 15) is 23.5 Å². The van der Waals surface area contributed by atoms with Crippen LogP contribution >= 0.6 is 11.6 Å². The minimum atomic E-state index is -2.70. The molecule has 0 unspecified atom stereocenters. The number of aliphatic hydroxyl groups is 1. The van der Waals surface area contributed by atoms with Crippen LogP contribution in [-0.2, 0) is 10.4 Å². The first-order valence-electron chi connectivity index (χ1n) is 12.4. The third kappa shape index (κ3) is 4.65. The van der Waals surface area contributed by atoms with Gasteiger partial charge in [0.15, 0.2) is 0 Å². The van der Waals surface area contributed by atoms with E-state index in [2.05, 4.69) is 15.3 Å². The Hall–Kier alpha value is -3.43. The van der Waals surface area contributed by atoms with Crippen molar-refractivity contribution in [1.82, 2.24) is 15.3 Å². The summed E-state index contributed by atoms with van der Waals surface area (Å²) in [6.45, 7) is 1.81. The van der Waals surface area contributed by atoms with Gasteiger partial charge >= 0.3 is 0 Å². The van der Waals surface area contributed by atoms with Crippen LogP contribution in [0, 0.1) is 18.8 Å². The molecule has 0 radical (unpaired) electrons. The molecule has 0 spiro atoms. The lowest BCUT2D eigenvalue weighted by Gasteiger charge is -2.40. The molecule has 0 saturated heterocycles. The summed E-state index contributed by atoms with van der Waals surface area (Å²) in [7, 11) is 0. The summed E-state index contributed by atoms with van der Waals surface area (Å²) >= 11 is 6.72. The minimum Gasteiger partial charge on any atom is -0.370 e. The van der Waals surface area contributed by atoms with Crippen molar-refractivity contribution in [3.05, 3.63) is 89.5 Å². The first kappa shape index (κ1) is 26.2. The number of anilines is 1. The maximum atomic E-state index is 14.2. The number of nitrogens with zero attached hydrogens (tertiary/aromatic N) is 3. The van der Waals surface area contributed by atoms with Crippen LogP contribution in [0.25, 0.3) is 0 Å². The Morgan fingerprint density at radius 1 is 1.18 bits per heavy atom. The van der Waals surface area contributed by atoms with Crippen LogP contribution in [0.15, 0.2) is 67.0 Å². The average molecular weight is 541 g/mol. The van der Waals surface area contributed by atoms with Crippen LogP contribution in [-0.4, -0.2) is 51.3 Å². The van der Waals surface area contributed by atoms with E-state index >= 15 is 0 Å². The lowest BCUT2D eigenvalue weighted by molar-refractivity contribution is -0.132. The van der Waals surface area contributed by atoms with Crippen LogP contribution in [0.5, 0.6) is 0 Å². The number of carbonyl (C=O) groups is 2. The van der Waals surface area contributed by atoms with Crippen molar-refractivity contribution in [3.63, 3.8) is 0 Å². The van der Waals surface area contributed by atoms with Crippen molar-refractivity contribution in [1.29, 1.82) is 0 Å². The number of rotatable bonds is 6. The topological polar surface area (TPSA) is 95.4 Å². The number of fused-ring (bicyclic) bond motifs is 1. The summed E-state index contributed by atoms with van der Waals surface area (Å²) in [6, 6.07) is 14.3. The third-order valence-electron chi connectivity index (χ3n) is 7.46. The predicted molar refractivity (Wildman–Crippen MR) is 138 cm³/mol. The molecule has 3 heterocycles. The first-order chi connectivity index (χ1) is 18.2. The van der Waals surface area contributed by atoms with E-state index in [0.717, 1.165) is 0 Å². The molecule has 2 aromatic heterocycles. The average Bonchev–Trinajstić information content (AvgIpc) is 3.13. The number of para-hydroxylation sites is 1. The molecule has 2 N–H and O–H groups in total. The third-order valence-corrected chi connectivity index (χ3v) is 8.00. The lowest BCUT2D eigenvalue weighted by atomic mass is 9.77. The van der Waals surface area contributed by atoms with Gasteiger partial charge < -0.3 is 15.3 Å². The van der Waals surface area contributed by atoms with E-state index in [-0.39, 0.29) is 30.6 Å². The Kier molecular flexibility index (Phi) is 7.15. The molecule has 5 rings (SSSR count). The van der Waals surface area contributed by atoms with Gasteiger partial charge in [-0.15, -0.1) is 11.6 Å². The van der Waals surface area contributed by atoms with Gasteiger partial charge in [0.25, 0.3) is 11.8 Å². The fraction of sp³-hybridized carbons (Fsp3) is 0.357. The number of carbonyl (C=O) groups excluding carboxylic acids is 2. The molecule has 1 aliphatic heterocycles. The molecular weight excluding hydrogens is 514 g/mol. The molecule has 1 aliphatic carbocycles. The molecule has 0 bridgehead atoms. The molecule has 7 nitrogen and oxygen atoms in total. The number of hydrogen-bond donors (Lipinski definition) is 2. The summed E-state index contributed by atoms with van der Waals surface area (Å²) in [5.74, 6) is -2.73. The minimum absolute atomic E-state index is 0.00309. The second-order valence-electron chi connectivity index (χ2n) is 9.87. The van der Waals surface area contributed by atoms with Gasteiger partial charge in [0.2, 0.25) is 12.0 Å². The van der Waals surface area contributed by atoms with Crippen molar-refractivity contribution in [2.45, 2.75) is 43.2 Å². The lowest BCUT2D eigenvalue weighted by Crippen LogP contribution is -2.52. The summed E-state index contributed by atoms with van der Waals surface area (Å²) in [6.07, 6.45) is 0.303. The molecule has 3 aromatic rings. The Morgan fingerprint density at radius 3 is 2.68 bits per heavy atom. The van der Waals surface area contributed by atoms with Crippen molar-refractivity contribution in [3.8, 4) is 0 Å². The Labute approximate surface area is 223 Å². The molecule has 5 atom stereocenters. The highest BCUT2D eigenvalue weighted by molar-refractivity contribution is 6.21. The van der Waals surface area contributed by atoms with Gasteiger partial charge in [-0.05, 0) is 56.0 Å². The van der Waals surface area contributed by atoms with Crippen LogP contribution in [0.3, 0.4) is 0 Å². The summed E-state index contributed by atoms with van der Waals surface area (Å²) < 4.78 is 28.4. The van der Waals surface area contributed by atoms with Crippen molar-refractivity contribution in [2.75, 3.05) is 11.4 Å². The highest BCUT2D eigenvalue weighted by atomic mass is 35.5. The summed E-state index contributed by atoms with van der Waals surface area (Å²) in [5.41, 5.74) is 0.00231. The van der Waals surface area contributed by atoms with Crippen LogP contribution in [0.4, 0.5) is 14.5 Å². The highest BCUT2D eigenvalue weighted by Crippen LogP contribution is 2.46. The molecule has 10 heteroatoms. The number of alkyl halides is 3. The first-order valence-corrected chi connectivity index (χ1v) is 12.8. The van der Waals surface area contributed by atoms with Gasteiger partial charge in [-0.1, -0.05) is 24.3 Å². The quantitative estimate of drug-likeness (QED) is 0.460. The number of halogens is 3. The molecule has 2 amide bonds. The van der Waals surface area contributed by atoms with Gasteiger partial charge in [0.05, 0.1) is 16.9 Å². The second kappa shape index (κ2) is 10.4. The Bertz CT molecular complexity index is 1340. The van der Waals surface area contributed by atoms with Crippen LogP contribution < -0.4 is 10.2 Å². The van der Waals surface area contributed by atoms with Crippen molar-refractivity contribution >= 4 is 29.1 Å². The SMILES string of the molecule is Cc1cccc([C@@]2(O)C(=O)N(C[C@H]3C[C@@H](C(F)F)[C@H](NC(=O)c4cccnc4)C[C@H]3Cl)c3ccccc32)n1. The maximum Gasteiger partial charge on any atom is 0.270 e. The van der Waals surface area contributed by atoms with Gasteiger partial charge in [-0.25, -0.2) is 8.78 Å². The molecule has 198 valence electrons. The van der Waals surface area contributed by atoms with Crippen molar-refractivity contribution in [2.24, 2.45) is 11.8 Å². The largest absolute Gasteiger partial charge is 0.370 e. The number of aromatic nitrogens is 2. The molecular formula is C28H27ClF2N4O3. The Balaban J connectivity index is 1.39. The zero-order valence-electron chi connectivity index (χ0n) is 20.6. The smallest absolute Gasteiger partial charge is 0.270 e. The second-order valence-corrected chi connectivity index (χ2v) is 10.4. The summed E-state index contributed by atoms with van der Waals surface area (Å²) in [4.78, 5) is 36.1. The van der Waals surface area contributed by atoms with Crippen LogP contribution in [0.1, 0.15) is 40.2 Å². The molecule has 1 aromatic carbocycles. The van der Waals surface area contributed by atoms with Gasteiger partial charge in [0.1, 0.15) is 0 Å². The van der Waals surface area contributed by atoms with Crippen LogP contribution in [0.2, 0.25) is 0 Å². The standard InChI is InChI=1S/C28H27ClF2N4O3/c1-16-6-4-10-24(33-16)28(38)20-8-2-3-9-23(20)35(27(28)37)15-18-12-19(25(30)31)22(13-21(18)29)34-26(36)17-7-5-11-32-14-17/h2-11,14,18-19,21-22,25,38H,12-13,15H2,1H3,(H,34,36)/t18-,19-,21-,22-,28-/m1/s1. The fourth-order valence-corrected chi connectivity index (χ4v) is 5.87. The number of amides is 2. The normalized spacial score (nSPS) is 26.9. The predicted octanol–water partition coefficient (Wildman–Crippen LogP) is 4.06. The van der Waals surface area contributed by atoms with E-state index in [0.29, 0.717) is 16.9 Å². The highest BCUT2D eigenvalue weighted by Gasteiger charge is 2.53. The van der Waals surface area contributed by atoms with E-state index < -0.39 is 47.1 Å². The van der Waals surface area contributed by atoms with E-state index in [1.54, 1.807) is 61.5 Å². The summed E-state index contributed by atoms with van der Waals surface area (Å²) in [5, 5.41) is 13.8. The zero-order valence-corrected chi connectivity index (χ0v) is 21.4. The zero-order chi connectivity index (χ0) is 27.0. The Morgan fingerprint density at radius 2 is 1.97 bits per heavy atom.